The molecule has 2 heteroatoms. The van der Waals surface area contributed by atoms with Crippen molar-refractivity contribution in [2.75, 3.05) is 26.9 Å². The molecular formula is C11H24O2. The van der Waals surface area contributed by atoms with Crippen molar-refractivity contribution in [3.63, 3.8) is 0 Å². The Balaban J connectivity index is 3.29. The zero-order valence-corrected chi connectivity index (χ0v) is 9.56. The number of rotatable bonds is 8. The first-order valence-electron chi connectivity index (χ1n) is 5.19. The lowest BCUT2D eigenvalue weighted by atomic mass is 9.96. The molecule has 13 heavy (non-hydrogen) atoms. The third kappa shape index (κ3) is 8.26. The quantitative estimate of drug-likeness (QED) is 0.545. The molecule has 0 aromatic heterocycles. The standard InChI is InChI=1S/C11H24O2/c1-5-6-7-8-13-10-11(2,3)9-12-4/h5-10H2,1-4H3. The number of unbranched alkanes of at least 4 members (excludes halogenated alkanes) is 2. The molecule has 0 unspecified atom stereocenters. The third-order valence-electron chi connectivity index (χ3n) is 1.92. The van der Waals surface area contributed by atoms with Crippen molar-refractivity contribution in [1.82, 2.24) is 0 Å². The average molecular weight is 188 g/mol. The van der Waals surface area contributed by atoms with Gasteiger partial charge in [-0.2, -0.15) is 0 Å². The maximum Gasteiger partial charge on any atom is 0.0539 e. The molecule has 0 aromatic rings. The van der Waals surface area contributed by atoms with Gasteiger partial charge in [-0.3, -0.25) is 0 Å². The van der Waals surface area contributed by atoms with Gasteiger partial charge in [-0.05, 0) is 6.42 Å². The molecule has 0 atom stereocenters. The number of methoxy groups -OCH3 is 1. The second kappa shape index (κ2) is 7.34. The van der Waals surface area contributed by atoms with Gasteiger partial charge in [0.2, 0.25) is 0 Å². The summed E-state index contributed by atoms with van der Waals surface area (Å²) in [6, 6.07) is 0. The van der Waals surface area contributed by atoms with Crippen LogP contribution in [0.15, 0.2) is 0 Å². The Morgan fingerprint density at radius 2 is 1.77 bits per heavy atom. The van der Waals surface area contributed by atoms with Gasteiger partial charge in [0.25, 0.3) is 0 Å². The highest BCUT2D eigenvalue weighted by atomic mass is 16.5. The third-order valence-corrected chi connectivity index (χ3v) is 1.92. The van der Waals surface area contributed by atoms with Crippen molar-refractivity contribution in [2.45, 2.75) is 40.0 Å². The lowest BCUT2D eigenvalue weighted by Crippen LogP contribution is -2.25. The van der Waals surface area contributed by atoms with Crippen molar-refractivity contribution >= 4 is 0 Å². The van der Waals surface area contributed by atoms with Crippen molar-refractivity contribution in [3.8, 4) is 0 Å². The first-order chi connectivity index (χ1) is 6.12. The number of hydrogen-bond donors (Lipinski definition) is 0. The van der Waals surface area contributed by atoms with Crippen LogP contribution in [0.3, 0.4) is 0 Å². The molecule has 2 nitrogen and oxygen atoms in total. The van der Waals surface area contributed by atoms with E-state index in [1.807, 2.05) is 0 Å². The molecule has 0 saturated heterocycles. The molecule has 80 valence electrons. The number of ether oxygens (including phenoxy) is 2. The molecule has 0 aliphatic rings. The van der Waals surface area contributed by atoms with Crippen molar-refractivity contribution in [3.05, 3.63) is 0 Å². The SMILES string of the molecule is CCCCCOCC(C)(C)COC. The maximum atomic E-state index is 5.57. The molecule has 0 amide bonds. The van der Waals surface area contributed by atoms with E-state index in [1.54, 1.807) is 7.11 Å². The molecule has 0 bridgehead atoms. The van der Waals surface area contributed by atoms with Gasteiger partial charge >= 0.3 is 0 Å². The van der Waals surface area contributed by atoms with E-state index in [0.29, 0.717) is 0 Å². The van der Waals surface area contributed by atoms with Gasteiger partial charge in [-0.25, -0.2) is 0 Å². The summed E-state index contributed by atoms with van der Waals surface area (Å²) in [6.45, 7) is 8.98. The maximum absolute atomic E-state index is 5.57. The molecule has 0 radical (unpaired) electrons. The van der Waals surface area contributed by atoms with Crippen LogP contribution in [0.4, 0.5) is 0 Å². The van der Waals surface area contributed by atoms with Crippen molar-refractivity contribution in [1.29, 1.82) is 0 Å². The van der Waals surface area contributed by atoms with Gasteiger partial charge in [0.05, 0.1) is 13.2 Å². The van der Waals surface area contributed by atoms with Gasteiger partial charge in [-0.15, -0.1) is 0 Å². The fourth-order valence-electron chi connectivity index (χ4n) is 1.23. The van der Waals surface area contributed by atoms with Crippen LogP contribution in [0.5, 0.6) is 0 Å². The fourth-order valence-corrected chi connectivity index (χ4v) is 1.23. The van der Waals surface area contributed by atoms with Crippen molar-refractivity contribution in [2.24, 2.45) is 5.41 Å². The largest absolute Gasteiger partial charge is 0.384 e. The molecule has 0 rings (SSSR count). The van der Waals surface area contributed by atoms with E-state index < -0.39 is 0 Å². The van der Waals surface area contributed by atoms with Crippen LogP contribution in [0.2, 0.25) is 0 Å². The van der Waals surface area contributed by atoms with E-state index in [-0.39, 0.29) is 5.41 Å². The monoisotopic (exact) mass is 188 g/mol. The van der Waals surface area contributed by atoms with E-state index in [2.05, 4.69) is 20.8 Å². The molecule has 0 N–H and O–H groups in total. The summed E-state index contributed by atoms with van der Waals surface area (Å²) in [4.78, 5) is 0. The summed E-state index contributed by atoms with van der Waals surface area (Å²) in [6.07, 6.45) is 3.70. The lowest BCUT2D eigenvalue weighted by Gasteiger charge is -2.23. The Hall–Kier alpha value is -0.0800. The van der Waals surface area contributed by atoms with Crippen LogP contribution in [0.1, 0.15) is 40.0 Å². The molecule has 0 saturated carbocycles. The first-order valence-corrected chi connectivity index (χ1v) is 5.19. The highest BCUT2D eigenvalue weighted by molar-refractivity contribution is 4.66. The minimum absolute atomic E-state index is 0.154. The number of hydrogen-bond acceptors (Lipinski definition) is 2. The van der Waals surface area contributed by atoms with Crippen molar-refractivity contribution < 1.29 is 9.47 Å². The van der Waals surface area contributed by atoms with Crippen LogP contribution < -0.4 is 0 Å². The van der Waals surface area contributed by atoms with Crippen LogP contribution in [-0.2, 0) is 9.47 Å². The van der Waals surface area contributed by atoms with Gasteiger partial charge in [0.15, 0.2) is 0 Å². The summed E-state index contributed by atoms with van der Waals surface area (Å²) in [5.41, 5.74) is 0.154. The Kier molecular flexibility index (Phi) is 7.29. The molecule has 0 aliphatic carbocycles. The summed E-state index contributed by atoms with van der Waals surface area (Å²) in [5, 5.41) is 0. The van der Waals surface area contributed by atoms with Gasteiger partial charge in [-0.1, -0.05) is 33.6 Å². The Morgan fingerprint density at radius 1 is 1.08 bits per heavy atom. The lowest BCUT2D eigenvalue weighted by molar-refractivity contribution is 0.0116. The minimum Gasteiger partial charge on any atom is -0.384 e. The summed E-state index contributed by atoms with van der Waals surface area (Å²) >= 11 is 0. The average Bonchev–Trinajstić information content (AvgIpc) is 2.04. The molecule has 0 fully saturated rings. The molecular weight excluding hydrogens is 164 g/mol. The van der Waals surface area contributed by atoms with Gasteiger partial charge < -0.3 is 9.47 Å². The second-order valence-electron chi connectivity index (χ2n) is 4.36. The predicted molar refractivity (Wildman–Crippen MR) is 56.0 cm³/mol. The van der Waals surface area contributed by atoms with Crippen LogP contribution in [0, 0.1) is 5.41 Å². The molecule has 0 aliphatic heterocycles. The Labute approximate surface area is 82.6 Å². The van der Waals surface area contributed by atoms with E-state index >= 15 is 0 Å². The second-order valence-corrected chi connectivity index (χ2v) is 4.36. The zero-order valence-electron chi connectivity index (χ0n) is 9.56. The Bertz CT molecular complexity index is 111. The fraction of sp³-hybridized carbons (Fsp3) is 1.00. The highest BCUT2D eigenvalue weighted by Crippen LogP contribution is 2.15. The summed E-state index contributed by atoms with van der Waals surface area (Å²) in [5.74, 6) is 0. The van der Waals surface area contributed by atoms with Crippen LogP contribution in [-0.4, -0.2) is 26.9 Å². The molecule has 0 aromatic carbocycles. The molecule has 0 heterocycles. The summed E-state index contributed by atoms with van der Waals surface area (Å²) < 4.78 is 10.7. The predicted octanol–water partition coefficient (Wildman–Crippen LogP) is 2.87. The van der Waals surface area contributed by atoms with E-state index in [0.717, 1.165) is 19.8 Å². The van der Waals surface area contributed by atoms with Gasteiger partial charge in [0.1, 0.15) is 0 Å². The van der Waals surface area contributed by atoms with Gasteiger partial charge in [0, 0.05) is 19.1 Å². The van der Waals surface area contributed by atoms with E-state index in [9.17, 15) is 0 Å². The Morgan fingerprint density at radius 3 is 2.31 bits per heavy atom. The smallest absolute Gasteiger partial charge is 0.0539 e. The minimum atomic E-state index is 0.154. The highest BCUT2D eigenvalue weighted by Gasteiger charge is 2.17. The van der Waals surface area contributed by atoms with Crippen LogP contribution in [0.25, 0.3) is 0 Å². The zero-order chi connectivity index (χ0) is 10.2. The normalized spacial score (nSPS) is 12.0. The van der Waals surface area contributed by atoms with E-state index in [4.69, 9.17) is 9.47 Å². The first kappa shape index (κ1) is 12.9. The summed E-state index contributed by atoms with van der Waals surface area (Å²) in [7, 11) is 1.73. The van der Waals surface area contributed by atoms with Crippen LogP contribution >= 0.6 is 0 Å². The molecule has 0 spiro atoms. The topological polar surface area (TPSA) is 18.5 Å². The van der Waals surface area contributed by atoms with E-state index in [1.165, 1.54) is 19.3 Å².